The molecule has 2 amide bonds. The van der Waals surface area contributed by atoms with E-state index in [0.717, 1.165) is 17.1 Å². The second kappa shape index (κ2) is 6.98. The summed E-state index contributed by atoms with van der Waals surface area (Å²) in [5, 5.41) is 15.2. The molecule has 0 spiro atoms. The van der Waals surface area contributed by atoms with Crippen molar-refractivity contribution < 1.29 is 14.3 Å². The number of rotatable bonds is 6. The number of furan rings is 1. The molecule has 0 saturated heterocycles. The van der Waals surface area contributed by atoms with Gasteiger partial charge >= 0.3 is 6.03 Å². The minimum Gasteiger partial charge on any atom is -0.466 e. The van der Waals surface area contributed by atoms with Crippen LogP contribution in [0.25, 0.3) is 0 Å². The van der Waals surface area contributed by atoms with Gasteiger partial charge in [-0.15, -0.1) is 0 Å². The van der Waals surface area contributed by atoms with Crippen LogP contribution in [-0.4, -0.2) is 23.8 Å². The maximum Gasteiger partial charge on any atom is 0.315 e. The molecule has 1 aromatic rings. The quantitative estimate of drug-likeness (QED) is 0.755. The molecule has 2 unspecified atom stereocenters. The minimum absolute atomic E-state index is 0.109. The molecule has 0 aliphatic heterocycles. The summed E-state index contributed by atoms with van der Waals surface area (Å²) in [7, 11) is 0. The standard InChI is InChI=1S/C16H28N2O3/c1-10(19)8-16(5,6)9-17-15(20)18-12(3)14-7-11(2)21-13(14)4/h7,10,12,19H,8-9H2,1-6H3,(H2,17,18,20). The highest BCUT2D eigenvalue weighted by molar-refractivity contribution is 5.74. The molecule has 1 heterocycles. The lowest BCUT2D eigenvalue weighted by molar-refractivity contribution is 0.128. The molecular weight excluding hydrogens is 268 g/mol. The summed E-state index contributed by atoms with van der Waals surface area (Å²) in [4.78, 5) is 12.0. The number of nitrogens with one attached hydrogen (secondary N) is 2. The van der Waals surface area contributed by atoms with Gasteiger partial charge in [0.25, 0.3) is 0 Å². The summed E-state index contributed by atoms with van der Waals surface area (Å²) in [5.41, 5.74) is 0.850. The predicted octanol–water partition coefficient (Wildman–Crippen LogP) is 3.05. The van der Waals surface area contributed by atoms with E-state index < -0.39 is 0 Å². The van der Waals surface area contributed by atoms with Gasteiger partial charge in [-0.05, 0) is 45.6 Å². The van der Waals surface area contributed by atoms with Crippen molar-refractivity contribution in [3.63, 3.8) is 0 Å². The van der Waals surface area contributed by atoms with Crippen LogP contribution in [0.15, 0.2) is 10.5 Å². The maximum atomic E-state index is 12.0. The van der Waals surface area contributed by atoms with Crippen molar-refractivity contribution in [2.24, 2.45) is 5.41 Å². The van der Waals surface area contributed by atoms with Crippen LogP contribution in [0.5, 0.6) is 0 Å². The summed E-state index contributed by atoms with van der Waals surface area (Å²) in [6.45, 7) is 12.0. The molecule has 0 bridgehead atoms. The Morgan fingerprint density at radius 2 is 2.00 bits per heavy atom. The highest BCUT2D eigenvalue weighted by Crippen LogP contribution is 2.22. The monoisotopic (exact) mass is 296 g/mol. The molecule has 0 aromatic carbocycles. The van der Waals surface area contributed by atoms with Gasteiger partial charge in [-0.2, -0.15) is 0 Å². The number of aryl methyl sites for hydroxylation is 2. The van der Waals surface area contributed by atoms with Crippen molar-refractivity contribution >= 4 is 6.03 Å². The highest BCUT2D eigenvalue weighted by Gasteiger charge is 2.22. The van der Waals surface area contributed by atoms with Crippen LogP contribution in [0, 0.1) is 19.3 Å². The van der Waals surface area contributed by atoms with Crippen molar-refractivity contribution in [1.29, 1.82) is 0 Å². The zero-order chi connectivity index (χ0) is 16.2. The third kappa shape index (κ3) is 5.79. The molecule has 0 saturated carbocycles. The molecule has 0 aliphatic carbocycles. The van der Waals surface area contributed by atoms with E-state index in [1.165, 1.54) is 0 Å². The third-order valence-electron chi connectivity index (χ3n) is 3.47. The number of hydrogen-bond acceptors (Lipinski definition) is 3. The number of hydrogen-bond donors (Lipinski definition) is 3. The summed E-state index contributed by atoms with van der Waals surface area (Å²) >= 11 is 0. The van der Waals surface area contributed by atoms with Crippen molar-refractivity contribution in [2.75, 3.05) is 6.54 Å². The highest BCUT2D eigenvalue weighted by atomic mass is 16.3. The van der Waals surface area contributed by atoms with E-state index in [2.05, 4.69) is 10.6 Å². The van der Waals surface area contributed by atoms with E-state index in [1.54, 1.807) is 6.92 Å². The minimum atomic E-state index is -0.375. The molecule has 0 aliphatic rings. The number of carbonyl (C=O) groups is 1. The fraction of sp³-hybridized carbons (Fsp3) is 0.688. The first-order valence-electron chi connectivity index (χ1n) is 7.40. The fourth-order valence-electron chi connectivity index (χ4n) is 2.60. The Hall–Kier alpha value is -1.49. The number of carbonyl (C=O) groups excluding carboxylic acids is 1. The smallest absolute Gasteiger partial charge is 0.315 e. The van der Waals surface area contributed by atoms with Crippen molar-refractivity contribution in [1.82, 2.24) is 10.6 Å². The second-order valence-electron chi connectivity index (χ2n) is 6.63. The largest absolute Gasteiger partial charge is 0.466 e. The maximum absolute atomic E-state index is 12.0. The molecule has 5 heteroatoms. The molecule has 1 rings (SSSR count). The number of amides is 2. The van der Waals surface area contributed by atoms with Crippen LogP contribution >= 0.6 is 0 Å². The number of aliphatic hydroxyl groups excluding tert-OH is 1. The molecule has 0 radical (unpaired) electrons. The number of urea groups is 1. The van der Waals surface area contributed by atoms with Crippen molar-refractivity contribution in [3.05, 3.63) is 23.2 Å². The second-order valence-corrected chi connectivity index (χ2v) is 6.63. The molecular formula is C16H28N2O3. The lowest BCUT2D eigenvalue weighted by Crippen LogP contribution is -2.42. The van der Waals surface area contributed by atoms with E-state index >= 15 is 0 Å². The lowest BCUT2D eigenvalue weighted by atomic mass is 9.87. The molecule has 1 aromatic heterocycles. The molecule has 3 N–H and O–H groups in total. The molecule has 21 heavy (non-hydrogen) atoms. The van der Waals surface area contributed by atoms with Crippen LogP contribution < -0.4 is 10.6 Å². The van der Waals surface area contributed by atoms with Gasteiger partial charge in [0.1, 0.15) is 11.5 Å². The first-order valence-corrected chi connectivity index (χ1v) is 7.40. The topological polar surface area (TPSA) is 74.5 Å². The summed E-state index contributed by atoms with van der Waals surface area (Å²) in [5.74, 6) is 1.67. The van der Waals surface area contributed by atoms with E-state index in [0.29, 0.717) is 13.0 Å². The summed E-state index contributed by atoms with van der Waals surface area (Å²) in [6.07, 6.45) is 0.267. The average Bonchev–Trinajstić information content (AvgIpc) is 2.64. The predicted molar refractivity (Wildman–Crippen MR) is 83.2 cm³/mol. The Kier molecular flexibility index (Phi) is 5.84. The molecule has 0 fully saturated rings. The average molecular weight is 296 g/mol. The Bertz CT molecular complexity index is 478. The molecule has 2 atom stereocenters. The first-order chi connectivity index (χ1) is 9.60. The molecule has 5 nitrogen and oxygen atoms in total. The van der Waals surface area contributed by atoms with Gasteiger partial charge in [-0.1, -0.05) is 13.8 Å². The zero-order valence-corrected chi connectivity index (χ0v) is 13.9. The van der Waals surface area contributed by atoms with Gasteiger partial charge in [0.15, 0.2) is 0 Å². The van der Waals surface area contributed by atoms with E-state index in [1.807, 2.05) is 40.7 Å². The number of aliphatic hydroxyl groups is 1. The van der Waals surface area contributed by atoms with Gasteiger partial charge in [-0.25, -0.2) is 4.79 Å². The first kappa shape index (κ1) is 17.6. The fourth-order valence-corrected chi connectivity index (χ4v) is 2.60. The van der Waals surface area contributed by atoms with Gasteiger partial charge in [0.05, 0.1) is 12.1 Å². The Balaban J connectivity index is 2.49. The Morgan fingerprint density at radius 1 is 1.38 bits per heavy atom. The van der Waals surface area contributed by atoms with E-state index in [4.69, 9.17) is 4.42 Å². The molecule has 120 valence electrons. The SMILES string of the molecule is Cc1cc(C(C)NC(=O)NCC(C)(C)CC(C)O)c(C)o1. The Morgan fingerprint density at radius 3 is 2.48 bits per heavy atom. The van der Waals surface area contributed by atoms with Gasteiger partial charge in [0, 0.05) is 12.1 Å². The van der Waals surface area contributed by atoms with Crippen LogP contribution in [0.1, 0.15) is 57.2 Å². The van der Waals surface area contributed by atoms with E-state index in [9.17, 15) is 9.90 Å². The van der Waals surface area contributed by atoms with E-state index in [-0.39, 0.29) is 23.6 Å². The zero-order valence-electron chi connectivity index (χ0n) is 13.9. The normalized spacial score (nSPS) is 14.6. The van der Waals surface area contributed by atoms with Crippen molar-refractivity contribution in [3.8, 4) is 0 Å². The van der Waals surface area contributed by atoms with Gasteiger partial charge in [-0.3, -0.25) is 0 Å². The summed E-state index contributed by atoms with van der Waals surface area (Å²) in [6, 6.07) is 1.62. The lowest BCUT2D eigenvalue weighted by Gasteiger charge is -2.26. The van der Waals surface area contributed by atoms with Crippen LogP contribution in [-0.2, 0) is 0 Å². The van der Waals surface area contributed by atoms with Crippen LogP contribution in [0.3, 0.4) is 0 Å². The van der Waals surface area contributed by atoms with Crippen LogP contribution in [0.2, 0.25) is 0 Å². The van der Waals surface area contributed by atoms with Crippen LogP contribution in [0.4, 0.5) is 4.79 Å². The summed E-state index contributed by atoms with van der Waals surface area (Å²) < 4.78 is 5.48. The van der Waals surface area contributed by atoms with Gasteiger partial charge in [0.2, 0.25) is 0 Å². The Labute approximate surface area is 127 Å². The van der Waals surface area contributed by atoms with Gasteiger partial charge < -0.3 is 20.2 Å². The van der Waals surface area contributed by atoms with Crippen molar-refractivity contribution in [2.45, 2.75) is 60.1 Å². The third-order valence-corrected chi connectivity index (χ3v) is 3.47.